The Balaban J connectivity index is 1.40. The molecular weight excluding hydrogens is 368 g/mol. The minimum absolute atomic E-state index is 0.0426. The summed E-state index contributed by atoms with van der Waals surface area (Å²) in [6.45, 7) is 2.68. The van der Waals surface area contributed by atoms with Crippen LogP contribution in [-0.4, -0.2) is 50.3 Å². The molecule has 1 aliphatic heterocycles. The van der Waals surface area contributed by atoms with Crippen LogP contribution in [0.5, 0.6) is 0 Å². The van der Waals surface area contributed by atoms with Gasteiger partial charge in [0.05, 0.1) is 6.20 Å². The first-order valence-electron chi connectivity index (χ1n) is 9.98. The Bertz CT molecular complexity index is 1060. The van der Waals surface area contributed by atoms with E-state index in [0.29, 0.717) is 17.6 Å². The lowest BCUT2D eigenvalue weighted by atomic mass is 10.1. The standard InChI is InChI=1S/C21H26N6O2/c1-24(13-16-6-8-17(9-7-16)26-10-4-3-5-11-26)19(28)14-27-15-22-20-18(21(27)29)12-23-25(20)2/h6-9,12,15H,3-5,10-11,13-14H2,1-2H3. The molecule has 1 fully saturated rings. The van der Waals surface area contributed by atoms with Gasteiger partial charge in [0.1, 0.15) is 18.3 Å². The fraction of sp³-hybridized carbons (Fsp3) is 0.429. The second kappa shape index (κ2) is 8.06. The van der Waals surface area contributed by atoms with Crippen LogP contribution >= 0.6 is 0 Å². The van der Waals surface area contributed by atoms with Gasteiger partial charge in [-0.2, -0.15) is 5.10 Å². The summed E-state index contributed by atoms with van der Waals surface area (Å²) in [6.07, 6.45) is 6.70. The average molecular weight is 394 g/mol. The van der Waals surface area contributed by atoms with Gasteiger partial charge in [0.2, 0.25) is 5.91 Å². The van der Waals surface area contributed by atoms with E-state index >= 15 is 0 Å². The predicted molar refractivity (Wildman–Crippen MR) is 112 cm³/mol. The fourth-order valence-electron chi connectivity index (χ4n) is 3.77. The number of nitrogens with zero attached hydrogens (tertiary/aromatic N) is 6. The third-order valence-corrected chi connectivity index (χ3v) is 5.53. The minimum atomic E-state index is -0.254. The van der Waals surface area contributed by atoms with Gasteiger partial charge in [0.25, 0.3) is 5.56 Å². The van der Waals surface area contributed by atoms with E-state index in [0.717, 1.165) is 18.7 Å². The zero-order valence-electron chi connectivity index (χ0n) is 16.9. The molecular formula is C21H26N6O2. The molecule has 8 nitrogen and oxygen atoms in total. The molecule has 29 heavy (non-hydrogen) atoms. The van der Waals surface area contributed by atoms with Crippen LogP contribution in [0.4, 0.5) is 5.69 Å². The third-order valence-electron chi connectivity index (χ3n) is 5.53. The molecule has 0 saturated carbocycles. The van der Waals surface area contributed by atoms with E-state index in [1.54, 1.807) is 23.7 Å². The molecule has 3 aromatic rings. The van der Waals surface area contributed by atoms with E-state index < -0.39 is 0 Å². The van der Waals surface area contributed by atoms with Crippen molar-refractivity contribution in [3.63, 3.8) is 0 Å². The second-order valence-electron chi connectivity index (χ2n) is 7.65. The minimum Gasteiger partial charge on any atom is -0.372 e. The van der Waals surface area contributed by atoms with Crippen LogP contribution in [0.15, 0.2) is 41.6 Å². The number of anilines is 1. The summed E-state index contributed by atoms with van der Waals surface area (Å²) in [5, 5.41) is 4.47. The Hall–Kier alpha value is -3.16. The van der Waals surface area contributed by atoms with Crippen molar-refractivity contribution in [2.75, 3.05) is 25.0 Å². The highest BCUT2D eigenvalue weighted by atomic mass is 16.2. The first kappa shape index (κ1) is 19.2. The van der Waals surface area contributed by atoms with Crippen molar-refractivity contribution in [2.24, 2.45) is 7.05 Å². The van der Waals surface area contributed by atoms with Gasteiger partial charge < -0.3 is 9.80 Å². The third kappa shape index (κ3) is 4.01. The van der Waals surface area contributed by atoms with Crippen molar-refractivity contribution in [1.82, 2.24) is 24.2 Å². The Kier molecular flexibility index (Phi) is 5.33. The number of fused-ring (bicyclic) bond motifs is 1. The van der Waals surface area contributed by atoms with Crippen LogP contribution in [0.2, 0.25) is 0 Å². The molecule has 0 radical (unpaired) electrons. The van der Waals surface area contributed by atoms with Crippen LogP contribution in [0.1, 0.15) is 24.8 Å². The predicted octanol–water partition coefficient (Wildman–Crippen LogP) is 1.78. The molecule has 1 amide bonds. The van der Waals surface area contributed by atoms with Gasteiger partial charge >= 0.3 is 0 Å². The molecule has 0 unspecified atom stereocenters. The highest BCUT2D eigenvalue weighted by Gasteiger charge is 2.15. The smallest absolute Gasteiger partial charge is 0.264 e. The Labute approximate surface area is 169 Å². The molecule has 0 spiro atoms. The van der Waals surface area contributed by atoms with Crippen molar-refractivity contribution < 1.29 is 4.79 Å². The Morgan fingerprint density at radius 2 is 1.86 bits per heavy atom. The zero-order valence-corrected chi connectivity index (χ0v) is 16.9. The molecule has 0 bridgehead atoms. The number of carbonyl (C=O) groups is 1. The largest absolute Gasteiger partial charge is 0.372 e. The van der Waals surface area contributed by atoms with Crippen molar-refractivity contribution >= 4 is 22.6 Å². The van der Waals surface area contributed by atoms with E-state index in [1.807, 2.05) is 0 Å². The van der Waals surface area contributed by atoms with E-state index in [2.05, 4.69) is 39.2 Å². The average Bonchev–Trinajstić information content (AvgIpc) is 3.12. The molecule has 4 rings (SSSR count). The number of piperidine rings is 1. The van der Waals surface area contributed by atoms with Gasteiger partial charge in [0, 0.05) is 39.4 Å². The lowest BCUT2D eigenvalue weighted by Gasteiger charge is -2.29. The molecule has 8 heteroatoms. The fourth-order valence-corrected chi connectivity index (χ4v) is 3.77. The number of amides is 1. The van der Waals surface area contributed by atoms with E-state index in [4.69, 9.17) is 0 Å². The van der Waals surface area contributed by atoms with Crippen LogP contribution in [0.25, 0.3) is 11.0 Å². The monoisotopic (exact) mass is 394 g/mol. The first-order chi connectivity index (χ1) is 14.0. The van der Waals surface area contributed by atoms with E-state index in [1.165, 1.54) is 42.0 Å². The summed E-state index contributed by atoms with van der Waals surface area (Å²) in [4.78, 5) is 33.5. The first-order valence-corrected chi connectivity index (χ1v) is 9.98. The number of aryl methyl sites for hydroxylation is 1. The lowest BCUT2D eigenvalue weighted by molar-refractivity contribution is -0.131. The molecule has 2 aromatic heterocycles. The number of aromatic nitrogens is 4. The van der Waals surface area contributed by atoms with Crippen molar-refractivity contribution in [1.29, 1.82) is 0 Å². The molecule has 0 aliphatic carbocycles. The molecule has 0 N–H and O–H groups in total. The second-order valence-corrected chi connectivity index (χ2v) is 7.65. The number of hydrogen-bond donors (Lipinski definition) is 0. The Morgan fingerprint density at radius 1 is 1.14 bits per heavy atom. The van der Waals surface area contributed by atoms with Gasteiger partial charge in [-0.05, 0) is 37.0 Å². The van der Waals surface area contributed by atoms with Crippen LogP contribution < -0.4 is 10.5 Å². The van der Waals surface area contributed by atoms with Gasteiger partial charge in [-0.25, -0.2) is 4.98 Å². The molecule has 3 heterocycles. The van der Waals surface area contributed by atoms with Gasteiger partial charge in [-0.15, -0.1) is 0 Å². The number of hydrogen-bond acceptors (Lipinski definition) is 5. The molecule has 0 atom stereocenters. The van der Waals surface area contributed by atoms with Crippen LogP contribution in [0.3, 0.4) is 0 Å². The van der Waals surface area contributed by atoms with Crippen LogP contribution in [0, 0.1) is 0 Å². The van der Waals surface area contributed by atoms with E-state index in [9.17, 15) is 9.59 Å². The summed E-state index contributed by atoms with van der Waals surface area (Å²) in [6, 6.07) is 8.40. The molecule has 1 saturated heterocycles. The van der Waals surface area contributed by atoms with Gasteiger partial charge in [0.15, 0.2) is 5.65 Å². The van der Waals surface area contributed by atoms with Gasteiger partial charge in [-0.3, -0.25) is 18.8 Å². The summed E-state index contributed by atoms with van der Waals surface area (Å²) in [5.74, 6) is -0.141. The summed E-state index contributed by atoms with van der Waals surface area (Å²) < 4.78 is 2.88. The highest BCUT2D eigenvalue weighted by Crippen LogP contribution is 2.20. The topological polar surface area (TPSA) is 76.3 Å². The normalized spacial score (nSPS) is 14.3. The highest BCUT2D eigenvalue weighted by molar-refractivity contribution is 5.77. The number of likely N-dealkylation sites (N-methyl/N-ethyl adjacent to an activating group) is 1. The SMILES string of the molecule is CN(Cc1ccc(N2CCCCC2)cc1)C(=O)Cn1cnc2c(cnn2C)c1=O. The maximum atomic E-state index is 12.6. The van der Waals surface area contributed by atoms with E-state index in [-0.39, 0.29) is 18.0 Å². The van der Waals surface area contributed by atoms with Crippen molar-refractivity contribution in [3.05, 3.63) is 52.7 Å². The number of carbonyl (C=O) groups excluding carboxylic acids is 1. The summed E-state index contributed by atoms with van der Waals surface area (Å²) >= 11 is 0. The van der Waals surface area contributed by atoms with Crippen molar-refractivity contribution in [3.8, 4) is 0 Å². The zero-order chi connectivity index (χ0) is 20.4. The molecule has 1 aliphatic rings. The molecule has 152 valence electrons. The lowest BCUT2D eigenvalue weighted by Crippen LogP contribution is -2.33. The van der Waals surface area contributed by atoms with Crippen LogP contribution in [-0.2, 0) is 24.9 Å². The number of benzene rings is 1. The quantitative estimate of drug-likeness (QED) is 0.659. The van der Waals surface area contributed by atoms with Crippen molar-refractivity contribution in [2.45, 2.75) is 32.4 Å². The maximum Gasteiger partial charge on any atom is 0.264 e. The maximum absolute atomic E-state index is 12.6. The summed E-state index contributed by atoms with van der Waals surface area (Å²) in [5.41, 5.74) is 2.57. The molecule has 1 aromatic carbocycles. The number of rotatable bonds is 5. The Morgan fingerprint density at radius 3 is 2.59 bits per heavy atom. The van der Waals surface area contributed by atoms with Gasteiger partial charge in [-0.1, -0.05) is 12.1 Å². The summed E-state index contributed by atoms with van der Waals surface area (Å²) in [7, 11) is 3.48.